The number of aryl methyl sites for hydroxylation is 1. The van der Waals surface area contributed by atoms with Gasteiger partial charge in [0.05, 0.1) is 11.4 Å². The molecule has 0 saturated heterocycles. The number of hydrogen-bond acceptors (Lipinski definition) is 2. The van der Waals surface area contributed by atoms with Crippen LogP contribution in [-0.4, -0.2) is 14.6 Å². The molecule has 3 rings (SSSR count). The first-order chi connectivity index (χ1) is 8.65. The quantitative estimate of drug-likeness (QED) is 0.674. The van der Waals surface area contributed by atoms with E-state index in [1.165, 1.54) is 0 Å². The molecule has 3 nitrogen and oxygen atoms in total. The topological polar surface area (TPSA) is 30.2 Å². The molecule has 0 atom stereocenters. The minimum absolute atomic E-state index is 0.722. The van der Waals surface area contributed by atoms with Gasteiger partial charge in [0, 0.05) is 10.6 Å². The van der Waals surface area contributed by atoms with Crippen LogP contribution in [0.3, 0.4) is 0 Å². The Morgan fingerprint density at radius 2 is 1.83 bits per heavy atom. The van der Waals surface area contributed by atoms with Crippen molar-refractivity contribution >= 4 is 33.2 Å². The summed E-state index contributed by atoms with van der Waals surface area (Å²) in [6.45, 7) is 1.95. The highest BCUT2D eigenvalue weighted by atomic mass is 79.9. The molecule has 0 fully saturated rings. The molecule has 3 aromatic rings. The van der Waals surface area contributed by atoms with Crippen molar-refractivity contribution in [2.24, 2.45) is 0 Å². The second kappa shape index (κ2) is 4.37. The lowest BCUT2D eigenvalue weighted by Crippen LogP contribution is -1.94. The normalized spacial score (nSPS) is 11.1. The van der Waals surface area contributed by atoms with Gasteiger partial charge >= 0.3 is 0 Å². The third-order valence-electron chi connectivity index (χ3n) is 2.72. The molecule has 0 saturated carbocycles. The number of fused-ring (bicyclic) bond motifs is 1. The number of benzene rings is 1. The van der Waals surface area contributed by atoms with Gasteiger partial charge in [0.25, 0.3) is 0 Å². The van der Waals surface area contributed by atoms with E-state index in [4.69, 9.17) is 11.6 Å². The first kappa shape index (κ1) is 11.7. The van der Waals surface area contributed by atoms with Crippen molar-refractivity contribution in [2.45, 2.75) is 6.92 Å². The number of hydrogen-bond donors (Lipinski definition) is 0. The van der Waals surface area contributed by atoms with Crippen molar-refractivity contribution in [3.63, 3.8) is 0 Å². The van der Waals surface area contributed by atoms with E-state index in [1.54, 1.807) is 4.52 Å². The summed E-state index contributed by atoms with van der Waals surface area (Å²) in [5.41, 5.74) is 3.67. The number of nitrogens with zero attached hydrogens (tertiary/aromatic N) is 3. The highest BCUT2D eigenvalue weighted by molar-refractivity contribution is 9.10. The van der Waals surface area contributed by atoms with Crippen molar-refractivity contribution in [1.82, 2.24) is 14.6 Å². The standard InChI is InChI=1S/C13H9BrClN3/c1-8-13(14)18-12(16-8)7-6-11(17-18)9-2-4-10(15)5-3-9/h2-7H,1H3. The Morgan fingerprint density at radius 3 is 2.56 bits per heavy atom. The summed E-state index contributed by atoms with van der Waals surface area (Å²) in [7, 11) is 0. The highest BCUT2D eigenvalue weighted by Crippen LogP contribution is 2.22. The Morgan fingerprint density at radius 1 is 1.11 bits per heavy atom. The number of imidazole rings is 1. The Balaban J connectivity index is 2.18. The maximum absolute atomic E-state index is 5.88. The third kappa shape index (κ3) is 1.91. The van der Waals surface area contributed by atoms with Crippen LogP contribution in [-0.2, 0) is 0 Å². The zero-order valence-corrected chi connectivity index (χ0v) is 11.9. The van der Waals surface area contributed by atoms with Crippen LogP contribution in [0.2, 0.25) is 5.02 Å². The van der Waals surface area contributed by atoms with Gasteiger partial charge in [0.2, 0.25) is 0 Å². The molecule has 0 aliphatic heterocycles. The minimum Gasteiger partial charge on any atom is -0.231 e. The molecule has 0 unspecified atom stereocenters. The molecule has 0 spiro atoms. The second-order valence-electron chi connectivity index (χ2n) is 3.98. The largest absolute Gasteiger partial charge is 0.231 e. The lowest BCUT2D eigenvalue weighted by molar-refractivity contribution is 0.919. The van der Waals surface area contributed by atoms with Crippen LogP contribution >= 0.6 is 27.5 Å². The zero-order chi connectivity index (χ0) is 12.7. The van der Waals surface area contributed by atoms with E-state index in [2.05, 4.69) is 26.0 Å². The SMILES string of the molecule is Cc1nc2ccc(-c3ccc(Cl)cc3)nn2c1Br. The van der Waals surface area contributed by atoms with Gasteiger partial charge in [-0.15, -0.1) is 0 Å². The summed E-state index contributed by atoms with van der Waals surface area (Å²) in [5, 5.41) is 5.28. The fourth-order valence-corrected chi connectivity index (χ4v) is 2.27. The highest BCUT2D eigenvalue weighted by Gasteiger charge is 2.08. The van der Waals surface area contributed by atoms with Crippen molar-refractivity contribution in [2.75, 3.05) is 0 Å². The van der Waals surface area contributed by atoms with Crippen LogP contribution < -0.4 is 0 Å². The van der Waals surface area contributed by atoms with Crippen LogP contribution in [0.25, 0.3) is 16.9 Å². The Hall–Kier alpha value is -1.39. The Labute approximate surface area is 118 Å². The molecule has 0 aliphatic carbocycles. The molecule has 1 aromatic carbocycles. The van der Waals surface area contributed by atoms with Crippen LogP contribution in [0.15, 0.2) is 41.0 Å². The van der Waals surface area contributed by atoms with Crippen molar-refractivity contribution in [1.29, 1.82) is 0 Å². The fourth-order valence-electron chi connectivity index (χ4n) is 1.79. The van der Waals surface area contributed by atoms with Gasteiger partial charge in [-0.25, -0.2) is 9.50 Å². The average Bonchev–Trinajstić information content (AvgIpc) is 2.66. The van der Waals surface area contributed by atoms with E-state index >= 15 is 0 Å². The second-order valence-corrected chi connectivity index (χ2v) is 5.17. The van der Waals surface area contributed by atoms with Crippen molar-refractivity contribution in [3.05, 3.63) is 51.7 Å². The molecule has 0 amide bonds. The summed E-state index contributed by atoms with van der Waals surface area (Å²) >= 11 is 9.37. The zero-order valence-electron chi connectivity index (χ0n) is 9.56. The monoisotopic (exact) mass is 321 g/mol. The average molecular weight is 323 g/mol. The van der Waals surface area contributed by atoms with Crippen LogP contribution in [0.5, 0.6) is 0 Å². The molecule has 2 aromatic heterocycles. The molecular formula is C13H9BrClN3. The van der Waals surface area contributed by atoms with Gasteiger partial charge in [-0.2, -0.15) is 5.10 Å². The summed E-state index contributed by atoms with van der Waals surface area (Å²) in [4.78, 5) is 4.39. The van der Waals surface area contributed by atoms with Crippen LogP contribution in [0.1, 0.15) is 5.69 Å². The van der Waals surface area contributed by atoms with Crippen LogP contribution in [0, 0.1) is 6.92 Å². The minimum atomic E-state index is 0.722. The van der Waals surface area contributed by atoms with Gasteiger partial charge in [-0.1, -0.05) is 23.7 Å². The van der Waals surface area contributed by atoms with E-state index < -0.39 is 0 Å². The molecule has 0 aliphatic rings. The van der Waals surface area contributed by atoms with E-state index in [0.717, 1.165) is 32.2 Å². The van der Waals surface area contributed by atoms with Gasteiger partial charge < -0.3 is 0 Å². The Bertz CT molecular complexity index is 719. The van der Waals surface area contributed by atoms with Gasteiger partial charge in [0.1, 0.15) is 4.60 Å². The molecule has 90 valence electrons. The Kier molecular flexibility index (Phi) is 2.84. The number of halogens is 2. The maximum Gasteiger partial charge on any atom is 0.155 e. The fraction of sp³-hybridized carbons (Fsp3) is 0.0769. The predicted molar refractivity (Wildman–Crippen MR) is 75.9 cm³/mol. The molecule has 0 radical (unpaired) electrons. The van der Waals surface area contributed by atoms with Gasteiger partial charge in [-0.3, -0.25) is 0 Å². The lowest BCUT2D eigenvalue weighted by atomic mass is 10.1. The molecule has 0 bridgehead atoms. The van der Waals surface area contributed by atoms with E-state index in [-0.39, 0.29) is 0 Å². The molecular weight excluding hydrogens is 314 g/mol. The van der Waals surface area contributed by atoms with Crippen molar-refractivity contribution < 1.29 is 0 Å². The van der Waals surface area contributed by atoms with Crippen LogP contribution in [0.4, 0.5) is 0 Å². The molecule has 5 heteroatoms. The molecule has 18 heavy (non-hydrogen) atoms. The summed E-state index contributed by atoms with van der Waals surface area (Å²) in [5.74, 6) is 0. The van der Waals surface area contributed by atoms with E-state index in [1.807, 2.05) is 43.3 Å². The summed E-state index contributed by atoms with van der Waals surface area (Å²) < 4.78 is 2.67. The van der Waals surface area contributed by atoms with E-state index in [0.29, 0.717) is 0 Å². The van der Waals surface area contributed by atoms with Gasteiger partial charge in [0.15, 0.2) is 5.65 Å². The molecule has 0 N–H and O–H groups in total. The maximum atomic E-state index is 5.88. The summed E-state index contributed by atoms with van der Waals surface area (Å²) in [6.07, 6.45) is 0. The van der Waals surface area contributed by atoms with Crippen molar-refractivity contribution in [3.8, 4) is 11.3 Å². The number of rotatable bonds is 1. The van der Waals surface area contributed by atoms with Gasteiger partial charge in [-0.05, 0) is 47.1 Å². The number of aromatic nitrogens is 3. The summed E-state index contributed by atoms with van der Waals surface area (Å²) in [6, 6.07) is 11.5. The van der Waals surface area contributed by atoms with E-state index in [9.17, 15) is 0 Å². The predicted octanol–water partition coefficient (Wildman–Crippen LogP) is 4.12. The first-order valence-corrected chi connectivity index (χ1v) is 6.60. The third-order valence-corrected chi connectivity index (χ3v) is 3.88. The molecule has 2 heterocycles. The smallest absolute Gasteiger partial charge is 0.155 e. The lowest BCUT2D eigenvalue weighted by Gasteiger charge is -2.02. The first-order valence-electron chi connectivity index (χ1n) is 5.43.